The molecule has 13 heteroatoms. The van der Waals surface area contributed by atoms with E-state index < -0.39 is 47.5 Å². The third-order valence-electron chi connectivity index (χ3n) is 3.54. The Kier molecular flexibility index (Phi) is 18.2. The second-order valence-corrected chi connectivity index (χ2v) is 9.28. The number of phosphoric acid groups is 2. The second-order valence-electron chi connectivity index (χ2n) is 6.23. The number of phosphoric ester groups is 1. The summed E-state index contributed by atoms with van der Waals surface area (Å²) in [6.07, 6.45) is 4.89. The van der Waals surface area contributed by atoms with Crippen LogP contribution in [-0.4, -0.2) is 69.9 Å². The first kappa shape index (κ1) is 30.3. The van der Waals surface area contributed by atoms with Crippen LogP contribution in [-0.2, 0) is 22.5 Å². The van der Waals surface area contributed by atoms with Gasteiger partial charge in [-0.1, -0.05) is 39.5 Å². The van der Waals surface area contributed by atoms with E-state index in [1.165, 1.54) is 0 Å². The van der Waals surface area contributed by atoms with Crippen LogP contribution in [0.3, 0.4) is 0 Å². The van der Waals surface area contributed by atoms with Gasteiger partial charge in [0.2, 0.25) is 0 Å². The van der Waals surface area contributed by atoms with Crippen molar-refractivity contribution < 1.29 is 52.7 Å². The molecule has 6 N–H and O–H groups in total. The summed E-state index contributed by atoms with van der Waals surface area (Å²) in [4.78, 5) is 17.4. The third-order valence-corrected chi connectivity index (χ3v) is 6.19. The summed E-state index contributed by atoms with van der Waals surface area (Å²) in [6, 6.07) is 0. The van der Waals surface area contributed by atoms with Gasteiger partial charge >= 0.3 is 15.6 Å². The van der Waals surface area contributed by atoms with E-state index in [-0.39, 0.29) is 13.2 Å². The molecule has 0 atom stereocenters. The predicted octanol–water partition coefficient (Wildman–Crippen LogP) is 1.56. The molecule has 0 fully saturated rings. The molecular formula is C15H36O11P2. The van der Waals surface area contributed by atoms with Crippen molar-refractivity contribution >= 4 is 15.6 Å². The Morgan fingerprint density at radius 2 is 1.07 bits per heavy atom. The Bertz CT molecular complexity index is 418. The Labute approximate surface area is 166 Å². The normalized spacial score (nSPS) is 12.6. The van der Waals surface area contributed by atoms with E-state index in [0.717, 1.165) is 25.7 Å². The SMILES string of the molecule is CCCCCOP(=O)(OCCCCC)OP(=O)(O)O.OCC(CO)(CO)CO. The summed E-state index contributed by atoms with van der Waals surface area (Å²) in [5.74, 6) is 0. The van der Waals surface area contributed by atoms with Gasteiger partial charge in [0.15, 0.2) is 0 Å². The van der Waals surface area contributed by atoms with E-state index in [0.29, 0.717) is 12.8 Å². The number of rotatable bonds is 16. The van der Waals surface area contributed by atoms with Crippen molar-refractivity contribution in [3.8, 4) is 0 Å². The number of hydrogen-bond acceptors (Lipinski definition) is 9. The molecule has 0 spiro atoms. The van der Waals surface area contributed by atoms with Gasteiger partial charge in [-0.25, -0.2) is 9.13 Å². The molecule has 0 saturated heterocycles. The number of hydrogen-bond donors (Lipinski definition) is 6. The minimum Gasteiger partial charge on any atom is -0.396 e. The molecular weight excluding hydrogens is 418 g/mol. The quantitative estimate of drug-likeness (QED) is 0.147. The van der Waals surface area contributed by atoms with Crippen molar-refractivity contribution in [1.82, 2.24) is 0 Å². The van der Waals surface area contributed by atoms with Crippen LogP contribution in [0.5, 0.6) is 0 Å². The van der Waals surface area contributed by atoms with Crippen LogP contribution in [0.2, 0.25) is 0 Å². The van der Waals surface area contributed by atoms with Crippen molar-refractivity contribution in [3.05, 3.63) is 0 Å². The highest BCUT2D eigenvalue weighted by Crippen LogP contribution is 2.61. The van der Waals surface area contributed by atoms with Gasteiger partial charge in [0, 0.05) is 0 Å². The lowest BCUT2D eigenvalue weighted by molar-refractivity contribution is -0.0328. The van der Waals surface area contributed by atoms with Crippen molar-refractivity contribution in [2.75, 3.05) is 39.6 Å². The maximum atomic E-state index is 12.0. The zero-order valence-electron chi connectivity index (χ0n) is 16.6. The van der Waals surface area contributed by atoms with Gasteiger partial charge in [-0.3, -0.25) is 9.05 Å². The van der Waals surface area contributed by atoms with Crippen LogP contribution in [0.15, 0.2) is 0 Å². The predicted molar refractivity (Wildman–Crippen MR) is 102 cm³/mol. The molecule has 11 nitrogen and oxygen atoms in total. The first-order valence-corrected chi connectivity index (χ1v) is 12.2. The van der Waals surface area contributed by atoms with Crippen LogP contribution in [0.4, 0.5) is 0 Å². The molecule has 0 radical (unpaired) electrons. The van der Waals surface area contributed by atoms with E-state index in [9.17, 15) is 9.13 Å². The number of aliphatic hydroxyl groups is 4. The van der Waals surface area contributed by atoms with Gasteiger partial charge in [-0.15, -0.1) is 0 Å². The zero-order chi connectivity index (χ0) is 22.1. The molecule has 0 heterocycles. The second kappa shape index (κ2) is 16.8. The number of aliphatic hydroxyl groups excluding tert-OH is 4. The topological polar surface area (TPSA) is 183 Å². The molecule has 0 amide bonds. The van der Waals surface area contributed by atoms with Crippen LogP contribution >= 0.6 is 15.6 Å². The molecule has 0 aliphatic carbocycles. The maximum absolute atomic E-state index is 12.0. The fourth-order valence-corrected chi connectivity index (χ4v) is 3.77. The summed E-state index contributed by atoms with van der Waals surface area (Å²) in [5, 5.41) is 34.0. The van der Waals surface area contributed by atoms with Crippen molar-refractivity contribution in [2.24, 2.45) is 5.41 Å². The Balaban J connectivity index is 0. The van der Waals surface area contributed by atoms with Gasteiger partial charge in [0.25, 0.3) is 0 Å². The monoisotopic (exact) mass is 454 g/mol. The molecule has 0 aliphatic rings. The van der Waals surface area contributed by atoms with E-state index >= 15 is 0 Å². The minimum atomic E-state index is -4.91. The van der Waals surface area contributed by atoms with E-state index in [4.69, 9.17) is 39.3 Å². The smallest absolute Gasteiger partial charge is 0.396 e. The first-order chi connectivity index (χ1) is 13.1. The largest absolute Gasteiger partial charge is 0.483 e. The van der Waals surface area contributed by atoms with Crippen LogP contribution in [0.1, 0.15) is 52.4 Å². The van der Waals surface area contributed by atoms with Crippen molar-refractivity contribution in [1.29, 1.82) is 0 Å². The summed E-state index contributed by atoms with van der Waals surface area (Å²) >= 11 is 0. The summed E-state index contributed by atoms with van der Waals surface area (Å²) < 4.78 is 36.7. The standard InChI is InChI=1S/C10H24O7P2.C5H12O4/c1-3-5-7-9-15-19(14,17-18(11,12)13)16-10-8-6-4-2;6-1-5(2-7,3-8)4-9/h3-10H2,1-2H3,(H2,11,12,13);6-9H,1-4H2. The highest BCUT2D eigenvalue weighted by Gasteiger charge is 2.35. The Morgan fingerprint density at radius 1 is 0.714 bits per heavy atom. The van der Waals surface area contributed by atoms with E-state index in [1.54, 1.807) is 0 Å². The molecule has 172 valence electrons. The molecule has 0 aromatic carbocycles. The molecule has 0 bridgehead atoms. The van der Waals surface area contributed by atoms with Crippen LogP contribution in [0.25, 0.3) is 0 Å². The lowest BCUT2D eigenvalue weighted by atomic mass is 9.93. The summed E-state index contributed by atoms with van der Waals surface area (Å²) in [6.45, 7) is 2.53. The molecule has 28 heavy (non-hydrogen) atoms. The summed E-state index contributed by atoms with van der Waals surface area (Å²) in [5.41, 5.74) is -1.11. The highest BCUT2D eigenvalue weighted by atomic mass is 31.3. The molecule has 0 aliphatic heterocycles. The van der Waals surface area contributed by atoms with Crippen molar-refractivity contribution in [2.45, 2.75) is 52.4 Å². The highest BCUT2D eigenvalue weighted by molar-refractivity contribution is 7.61. The fourth-order valence-electron chi connectivity index (χ4n) is 1.57. The Morgan fingerprint density at radius 3 is 1.29 bits per heavy atom. The lowest BCUT2D eigenvalue weighted by Crippen LogP contribution is -2.37. The lowest BCUT2D eigenvalue weighted by Gasteiger charge is -2.23. The molecule has 0 aromatic heterocycles. The number of unbranched alkanes of at least 4 members (excludes halogenated alkanes) is 4. The maximum Gasteiger partial charge on any atom is 0.483 e. The van der Waals surface area contributed by atoms with Gasteiger partial charge in [0.1, 0.15) is 0 Å². The molecule has 0 rings (SSSR count). The third kappa shape index (κ3) is 16.0. The molecule has 0 saturated carbocycles. The zero-order valence-corrected chi connectivity index (χ0v) is 18.4. The minimum absolute atomic E-state index is 0.0822. The van der Waals surface area contributed by atoms with E-state index in [1.807, 2.05) is 13.8 Å². The van der Waals surface area contributed by atoms with E-state index in [2.05, 4.69) is 4.31 Å². The van der Waals surface area contributed by atoms with Crippen LogP contribution < -0.4 is 0 Å². The van der Waals surface area contributed by atoms with Crippen LogP contribution in [0, 0.1) is 5.41 Å². The summed E-state index contributed by atoms with van der Waals surface area (Å²) in [7, 11) is -9.10. The van der Waals surface area contributed by atoms with Gasteiger partial charge in [0.05, 0.1) is 45.1 Å². The first-order valence-electron chi connectivity index (χ1n) is 9.17. The van der Waals surface area contributed by atoms with Gasteiger partial charge < -0.3 is 30.2 Å². The molecule has 0 unspecified atom stereocenters. The molecule has 0 aromatic rings. The van der Waals surface area contributed by atoms with Gasteiger partial charge in [-0.05, 0) is 12.8 Å². The fraction of sp³-hybridized carbons (Fsp3) is 1.00. The average Bonchev–Trinajstić information content (AvgIpc) is 2.64. The van der Waals surface area contributed by atoms with Gasteiger partial charge in [-0.2, -0.15) is 4.31 Å². The average molecular weight is 454 g/mol. The van der Waals surface area contributed by atoms with Crippen molar-refractivity contribution in [3.63, 3.8) is 0 Å². The Hall–Kier alpha value is 0.100.